The third-order valence-electron chi connectivity index (χ3n) is 5.03. The molecule has 2 aliphatic rings. The zero-order chi connectivity index (χ0) is 19.0. The predicted octanol–water partition coefficient (Wildman–Crippen LogP) is 1.24. The molecule has 1 aliphatic carbocycles. The highest BCUT2D eigenvalue weighted by Crippen LogP contribution is 2.35. The largest absolute Gasteiger partial charge is 0.372 e. The lowest BCUT2D eigenvalue weighted by molar-refractivity contribution is -0.130. The molecule has 3 heterocycles. The van der Waals surface area contributed by atoms with E-state index < -0.39 is 0 Å². The summed E-state index contributed by atoms with van der Waals surface area (Å²) >= 11 is 0. The molecule has 8 nitrogen and oxygen atoms in total. The first kappa shape index (κ1) is 17.3. The second-order valence-corrected chi connectivity index (χ2v) is 6.88. The number of amides is 1. The fourth-order valence-electron chi connectivity index (χ4n) is 3.42. The Labute approximate surface area is 156 Å². The van der Waals surface area contributed by atoms with Crippen LogP contribution in [0.2, 0.25) is 0 Å². The summed E-state index contributed by atoms with van der Waals surface area (Å²) in [6.45, 7) is 4.76. The summed E-state index contributed by atoms with van der Waals surface area (Å²) < 4.78 is 0. The Balaban J connectivity index is 1.64. The van der Waals surface area contributed by atoms with E-state index in [4.69, 9.17) is 0 Å². The van der Waals surface area contributed by atoms with E-state index in [-0.39, 0.29) is 17.5 Å². The van der Waals surface area contributed by atoms with Crippen molar-refractivity contribution in [2.45, 2.75) is 24.9 Å². The first-order valence-corrected chi connectivity index (χ1v) is 9.03. The molecular weight excluding hydrogens is 344 g/mol. The van der Waals surface area contributed by atoms with Gasteiger partial charge in [-0.15, -0.1) is 0 Å². The summed E-state index contributed by atoms with van der Waals surface area (Å²) in [7, 11) is 1.79. The lowest BCUT2D eigenvalue weighted by Crippen LogP contribution is -2.62. The number of rotatable bonds is 6. The third kappa shape index (κ3) is 3.30. The molecule has 1 amide bonds. The molecule has 1 saturated carbocycles. The molecule has 2 fully saturated rings. The Morgan fingerprint density at radius 2 is 2.15 bits per heavy atom. The smallest absolute Gasteiger partial charge is 0.271 e. The summed E-state index contributed by atoms with van der Waals surface area (Å²) in [6, 6.07) is 2.37. The summed E-state index contributed by atoms with van der Waals surface area (Å²) in [6.07, 6.45) is 8.43. The van der Waals surface area contributed by atoms with Gasteiger partial charge < -0.3 is 20.1 Å². The van der Waals surface area contributed by atoms with Crippen LogP contribution in [0, 0.1) is 0 Å². The van der Waals surface area contributed by atoms with Crippen LogP contribution in [-0.2, 0) is 4.79 Å². The summed E-state index contributed by atoms with van der Waals surface area (Å²) in [5.41, 5.74) is 1.99. The number of pyridine rings is 1. The number of carbonyl (C=O) groups is 1. The van der Waals surface area contributed by atoms with Gasteiger partial charge >= 0.3 is 0 Å². The van der Waals surface area contributed by atoms with Gasteiger partial charge in [0.1, 0.15) is 11.5 Å². The van der Waals surface area contributed by atoms with E-state index in [0.29, 0.717) is 36.3 Å². The van der Waals surface area contributed by atoms with Crippen LogP contribution >= 0.6 is 0 Å². The number of hydrogen-bond acceptors (Lipinski definition) is 6. The van der Waals surface area contributed by atoms with Crippen LogP contribution in [0.1, 0.15) is 12.8 Å². The first-order chi connectivity index (χ1) is 13.1. The highest BCUT2D eigenvalue weighted by molar-refractivity contribution is 5.88. The fraction of sp³-hybridized carbons (Fsp3) is 0.368. The molecule has 1 saturated heterocycles. The first-order valence-electron chi connectivity index (χ1n) is 9.03. The van der Waals surface area contributed by atoms with Gasteiger partial charge in [0, 0.05) is 37.9 Å². The molecule has 0 atom stereocenters. The molecule has 0 spiro atoms. The summed E-state index contributed by atoms with van der Waals surface area (Å²) in [4.78, 5) is 39.8. The molecule has 2 aromatic rings. The molecule has 2 aromatic heterocycles. The minimum Gasteiger partial charge on any atom is -0.372 e. The van der Waals surface area contributed by atoms with Crippen molar-refractivity contribution < 1.29 is 4.79 Å². The maximum absolute atomic E-state index is 12.6. The van der Waals surface area contributed by atoms with Crippen LogP contribution in [0.5, 0.6) is 0 Å². The van der Waals surface area contributed by atoms with Crippen molar-refractivity contribution >= 4 is 17.4 Å². The highest BCUT2D eigenvalue weighted by atomic mass is 16.2. The maximum atomic E-state index is 12.6. The SMILES string of the molecule is C=CC(=O)N1CC(N(c2cc(-c3cncc(NC)n3)c[nH]c2=O)C2CC2)C1. The quantitative estimate of drug-likeness (QED) is 0.747. The second kappa shape index (κ2) is 6.86. The molecule has 2 N–H and O–H groups in total. The van der Waals surface area contributed by atoms with Gasteiger partial charge in [-0.3, -0.25) is 14.6 Å². The Morgan fingerprint density at radius 3 is 2.81 bits per heavy atom. The predicted molar refractivity (Wildman–Crippen MR) is 104 cm³/mol. The number of likely N-dealkylation sites (tertiary alicyclic amines) is 1. The molecule has 8 heteroatoms. The summed E-state index contributed by atoms with van der Waals surface area (Å²) in [5.74, 6) is 0.598. The minimum atomic E-state index is -0.128. The molecule has 0 aromatic carbocycles. The lowest BCUT2D eigenvalue weighted by Gasteiger charge is -2.46. The molecule has 0 bridgehead atoms. The second-order valence-electron chi connectivity index (χ2n) is 6.88. The Kier molecular flexibility index (Phi) is 4.39. The number of nitrogens with zero attached hydrogens (tertiary/aromatic N) is 4. The normalized spacial score (nSPS) is 16.6. The van der Waals surface area contributed by atoms with Crippen LogP contribution in [0.4, 0.5) is 11.5 Å². The number of hydrogen-bond donors (Lipinski definition) is 2. The Hall–Kier alpha value is -3.16. The fourth-order valence-corrected chi connectivity index (χ4v) is 3.42. The van der Waals surface area contributed by atoms with Gasteiger partial charge in [0.25, 0.3) is 5.56 Å². The van der Waals surface area contributed by atoms with Crippen molar-refractivity contribution in [2.75, 3.05) is 30.4 Å². The van der Waals surface area contributed by atoms with Crippen molar-refractivity contribution in [2.24, 2.45) is 0 Å². The van der Waals surface area contributed by atoms with Crippen LogP contribution in [-0.4, -0.2) is 58.0 Å². The van der Waals surface area contributed by atoms with Crippen LogP contribution in [0.15, 0.2) is 42.1 Å². The topological polar surface area (TPSA) is 94.2 Å². The standard InChI is InChI=1S/C19H22N6O2/c1-3-18(26)24-10-14(11-24)25(13-4-5-13)16-6-12(7-22-19(16)27)15-8-21-9-17(20-2)23-15/h3,6-9,13-14H,1,4-5,10-11H2,2H3,(H,20,23)(H,22,27). The van der Waals surface area contributed by atoms with E-state index in [1.54, 1.807) is 30.5 Å². The van der Waals surface area contributed by atoms with Crippen molar-refractivity contribution in [3.8, 4) is 11.3 Å². The highest BCUT2D eigenvalue weighted by Gasteiger charge is 2.42. The third-order valence-corrected chi connectivity index (χ3v) is 5.03. The molecule has 140 valence electrons. The Bertz CT molecular complexity index is 930. The van der Waals surface area contributed by atoms with Crippen molar-refractivity contribution in [1.82, 2.24) is 19.9 Å². The van der Waals surface area contributed by atoms with Crippen LogP contribution in [0.25, 0.3) is 11.3 Å². The van der Waals surface area contributed by atoms with Gasteiger partial charge in [-0.05, 0) is 25.0 Å². The van der Waals surface area contributed by atoms with Crippen molar-refractivity contribution in [1.29, 1.82) is 0 Å². The van der Waals surface area contributed by atoms with E-state index in [9.17, 15) is 9.59 Å². The molecule has 27 heavy (non-hydrogen) atoms. The Morgan fingerprint density at radius 1 is 1.37 bits per heavy atom. The van der Waals surface area contributed by atoms with Crippen LogP contribution in [0.3, 0.4) is 0 Å². The van der Waals surface area contributed by atoms with E-state index >= 15 is 0 Å². The average molecular weight is 366 g/mol. The number of aromatic amines is 1. The molecular formula is C19H22N6O2. The molecule has 0 unspecified atom stereocenters. The molecule has 4 rings (SSSR count). The van der Waals surface area contributed by atoms with Gasteiger partial charge in [0.05, 0.1) is 24.1 Å². The summed E-state index contributed by atoms with van der Waals surface area (Å²) in [5, 5.41) is 2.97. The zero-order valence-corrected chi connectivity index (χ0v) is 15.2. The van der Waals surface area contributed by atoms with E-state index in [0.717, 1.165) is 18.4 Å². The van der Waals surface area contributed by atoms with Crippen molar-refractivity contribution in [3.63, 3.8) is 0 Å². The maximum Gasteiger partial charge on any atom is 0.271 e. The zero-order valence-electron chi connectivity index (χ0n) is 15.2. The van der Waals surface area contributed by atoms with E-state index in [1.807, 2.05) is 6.07 Å². The van der Waals surface area contributed by atoms with Gasteiger partial charge in [-0.25, -0.2) is 4.98 Å². The van der Waals surface area contributed by atoms with E-state index in [1.165, 1.54) is 6.08 Å². The van der Waals surface area contributed by atoms with E-state index in [2.05, 4.69) is 31.7 Å². The number of aromatic nitrogens is 3. The average Bonchev–Trinajstić information content (AvgIpc) is 3.49. The number of anilines is 2. The van der Waals surface area contributed by atoms with Gasteiger partial charge in [0.15, 0.2) is 0 Å². The number of H-pyrrole nitrogens is 1. The molecule has 0 radical (unpaired) electrons. The van der Waals surface area contributed by atoms with Gasteiger partial charge in [-0.1, -0.05) is 6.58 Å². The van der Waals surface area contributed by atoms with Gasteiger partial charge in [-0.2, -0.15) is 0 Å². The van der Waals surface area contributed by atoms with Crippen molar-refractivity contribution in [3.05, 3.63) is 47.7 Å². The lowest BCUT2D eigenvalue weighted by atomic mass is 10.0. The van der Waals surface area contributed by atoms with Gasteiger partial charge in [0.2, 0.25) is 5.91 Å². The van der Waals surface area contributed by atoms with Crippen LogP contribution < -0.4 is 15.8 Å². The number of carbonyl (C=O) groups excluding carboxylic acids is 1. The minimum absolute atomic E-state index is 0.0659. The monoisotopic (exact) mass is 366 g/mol. The molecule has 1 aliphatic heterocycles. The number of nitrogens with one attached hydrogen (secondary N) is 2.